The summed E-state index contributed by atoms with van der Waals surface area (Å²) in [6.45, 7) is 0. The molecule has 10 heteroatoms. The van der Waals surface area contributed by atoms with Crippen LogP contribution in [0.3, 0.4) is 0 Å². The Kier molecular flexibility index (Phi) is 3.30. The van der Waals surface area contributed by atoms with Crippen molar-refractivity contribution in [2.24, 2.45) is 5.92 Å². The Labute approximate surface area is 133 Å². The van der Waals surface area contributed by atoms with Gasteiger partial charge in [0, 0.05) is 6.42 Å². The molecule has 9 nitrogen and oxygen atoms in total. The highest BCUT2D eigenvalue weighted by molar-refractivity contribution is 7.16. The monoisotopic (exact) mass is 340 g/mol. The maximum absolute atomic E-state index is 12.3. The number of H-pyrrole nitrogens is 1. The quantitative estimate of drug-likeness (QED) is 0.569. The molecule has 0 aromatic carbocycles. The van der Waals surface area contributed by atoms with Gasteiger partial charge in [0.1, 0.15) is 10.8 Å². The molecule has 0 radical (unpaired) electrons. The number of aromatic amines is 1. The van der Waals surface area contributed by atoms with Crippen molar-refractivity contribution in [2.45, 2.75) is 43.8 Å². The van der Waals surface area contributed by atoms with Gasteiger partial charge in [-0.15, -0.1) is 0 Å². The number of fused-ring (bicyclic) bond motifs is 1. The lowest BCUT2D eigenvalue weighted by atomic mass is 10.1. The number of thiazole rings is 1. The number of nitrogens with zero attached hydrogens (tertiary/aromatic N) is 2. The number of anilines is 1. The molecule has 1 unspecified atom stereocenters. The fraction of sp³-hybridized carbons (Fsp3) is 0.615. The number of aliphatic hydroxyl groups is 2. The number of nitrogens with one attached hydrogen (secondary N) is 1. The molecule has 0 amide bonds. The van der Waals surface area contributed by atoms with Crippen LogP contribution in [-0.2, 0) is 4.74 Å². The maximum Gasteiger partial charge on any atom is 0.311 e. The third kappa shape index (κ3) is 2.38. The molecule has 4 rings (SSSR count). The van der Waals surface area contributed by atoms with Crippen molar-refractivity contribution in [1.29, 1.82) is 0 Å². The van der Waals surface area contributed by atoms with E-state index in [1.165, 1.54) is 0 Å². The molecule has 0 bridgehead atoms. The molecular weight excluding hydrogens is 324 g/mol. The standard InChI is InChI=1S/C13H16N4O5S/c14-12-15-9-8(10(20)16-12)23-13(21)17(9)11-5(18)3-6(22-11)7(19)4-1-2-4/h4-7,11,18-19H,1-3H2,(H3,14,15,16,20)/t5-,6+,7?,11-/m1/s1. The highest BCUT2D eigenvalue weighted by Crippen LogP contribution is 2.40. The largest absolute Gasteiger partial charge is 0.390 e. The zero-order valence-electron chi connectivity index (χ0n) is 12.0. The number of hydrogen-bond donors (Lipinski definition) is 4. The molecule has 2 aliphatic rings. The predicted molar refractivity (Wildman–Crippen MR) is 82.2 cm³/mol. The molecule has 1 aliphatic carbocycles. The first-order valence-corrected chi connectivity index (χ1v) is 8.20. The minimum atomic E-state index is -0.983. The topological polar surface area (TPSA) is 143 Å². The maximum atomic E-state index is 12.3. The number of aliphatic hydroxyl groups excluding tert-OH is 2. The van der Waals surface area contributed by atoms with E-state index in [9.17, 15) is 19.8 Å². The van der Waals surface area contributed by atoms with Gasteiger partial charge in [-0.3, -0.25) is 19.1 Å². The van der Waals surface area contributed by atoms with Gasteiger partial charge in [0.15, 0.2) is 11.9 Å². The van der Waals surface area contributed by atoms with E-state index in [0.717, 1.165) is 28.7 Å². The average Bonchev–Trinajstić information content (AvgIpc) is 3.19. The number of rotatable bonds is 3. The van der Waals surface area contributed by atoms with Crippen LogP contribution in [0.2, 0.25) is 0 Å². The average molecular weight is 340 g/mol. The summed E-state index contributed by atoms with van der Waals surface area (Å²) in [5.41, 5.74) is 5.12. The summed E-state index contributed by atoms with van der Waals surface area (Å²) < 4.78 is 7.01. The van der Waals surface area contributed by atoms with Gasteiger partial charge in [-0.1, -0.05) is 11.3 Å². The molecule has 5 N–H and O–H groups in total. The lowest BCUT2D eigenvalue weighted by Gasteiger charge is -2.19. The second-order valence-corrected chi connectivity index (χ2v) is 7.00. The summed E-state index contributed by atoms with van der Waals surface area (Å²) in [7, 11) is 0. The first-order chi connectivity index (χ1) is 11.0. The fourth-order valence-corrected chi connectivity index (χ4v) is 3.89. The summed E-state index contributed by atoms with van der Waals surface area (Å²) in [6.07, 6.45) is -1.03. The van der Waals surface area contributed by atoms with Crippen LogP contribution < -0.4 is 16.2 Å². The van der Waals surface area contributed by atoms with Crippen molar-refractivity contribution < 1.29 is 14.9 Å². The molecule has 2 fully saturated rings. The lowest BCUT2D eigenvalue weighted by molar-refractivity contribution is -0.0797. The normalized spacial score (nSPS) is 29.2. The van der Waals surface area contributed by atoms with Crippen LogP contribution in [-0.4, -0.2) is 43.1 Å². The van der Waals surface area contributed by atoms with E-state index in [0.29, 0.717) is 0 Å². The predicted octanol–water partition coefficient (Wildman–Crippen LogP) is -0.852. The van der Waals surface area contributed by atoms with Crippen LogP contribution in [0.1, 0.15) is 25.5 Å². The van der Waals surface area contributed by atoms with E-state index < -0.39 is 35.0 Å². The molecular formula is C13H16N4O5S. The second-order valence-electron chi connectivity index (χ2n) is 6.04. The Hall–Kier alpha value is -1.75. The molecule has 4 atom stereocenters. The van der Waals surface area contributed by atoms with Gasteiger partial charge in [0.2, 0.25) is 5.95 Å². The molecule has 2 aromatic rings. The zero-order valence-corrected chi connectivity index (χ0v) is 12.8. The van der Waals surface area contributed by atoms with Crippen molar-refractivity contribution in [3.05, 3.63) is 20.0 Å². The number of nitrogen functional groups attached to an aromatic ring is 1. The Morgan fingerprint density at radius 2 is 2.17 bits per heavy atom. The molecule has 3 heterocycles. The fourth-order valence-electron chi connectivity index (χ4n) is 3.04. The van der Waals surface area contributed by atoms with Crippen LogP contribution in [0.25, 0.3) is 10.3 Å². The summed E-state index contributed by atoms with van der Waals surface area (Å²) in [5.74, 6) is 0.0783. The summed E-state index contributed by atoms with van der Waals surface area (Å²) >= 11 is 0.723. The van der Waals surface area contributed by atoms with Crippen molar-refractivity contribution in [3.8, 4) is 0 Å². The van der Waals surface area contributed by atoms with Gasteiger partial charge in [-0.25, -0.2) is 0 Å². The third-order valence-corrected chi connectivity index (χ3v) is 5.29. The highest BCUT2D eigenvalue weighted by atomic mass is 32.1. The van der Waals surface area contributed by atoms with Gasteiger partial charge >= 0.3 is 4.87 Å². The molecule has 1 saturated heterocycles. The van der Waals surface area contributed by atoms with Crippen LogP contribution in [0.4, 0.5) is 5.95 Å². The lowest BCUT2D eigenvalue weighted by Crippen LogP contribution is -2.29. The Balaban J connectivity index is 1.75. The van der Waals surface area contributed by atoms with Gasteiger partial charge in [0.05, 0.1) is 12.2 Å². The van der Waals surface area contributed by atoms with Crippen LogP contribution >= 0.6 is 11.3 Å². The second kappa shape index (κ2) is 5.13. The van der Waals surface area contributed by atoms with E-state index in [2.05, 4.69) is 9.97 Å². The highest BCUT2D eigenvalue weighted by Gasteiger charge is 2.45. The summed E-state index contributed by atoms with van der Waals surface area (Å²) in [6, 6.07) is 0. The molecule has 1 aliphatic heterocycles. The van der Waals surface area contributed by atoms with Gasteiger partial charge in [0.25, 0.3) is 5.56 Å². The minimum Gasteiger partial charge on any atom is -0.390 e. The number of nitrogens with two attached hydrogens (primary N) is 1. The smallest absolute Gasteiger partial charge is 0.311 e. The van der Waals surface area contributed by atoms with E-state index >= 15 is 0 Å². The molecule has 2 aromatic heterocycles. The Morgan fingerprint density at radius 3 is 2.87 bits per heavy atom. The van der Waals surface area contributed by atoms with Gasteiger partial charge < -0.3 is 20.7 Å². The summed E-state index contributed by atoms with van der Waals surface area (Å²) in [5, 5.41) is 20.4. The Bertz CT molecular complexity index is 869. The first-order valence-electron chi connectivity index (χ1n) is 7.38. The van der Waals surface area contributed by atoms with E-state index in [1.807, 2.05) is 0 Å². The number of ether oxygens (including phenoxy) is 1. The van der Waals surface area contributed by atoms with Gasteiger partial charge in [-0.05, 0) is 18.8 Å². The van der Waals surface area contributed by atoms with Gasteiger partial charge in [-0.2, -0.15) is 4.98 Å². The van der Waals surface area contributed by atoms with Crippen molar-refractivity contribution in [1.82, 2.24) is 14.5 Å². The minimum absolute atomic E-state index is 0.0897. The van der Waals surface area contributed by atoms with E-state index in [1.54, 1.807) is 0 Å². The number of aromatic nitrogens is 3. The van der Waals surface area contributed by atoms with Crippen molar-refractivity contribution in [3.63, 3.8) is 0 Å². The molecule has 23 heavy (non-hydrogen) atoms. The van der Waals surface area contributed by atoms with E-state index in [-0.39, 0.29) is 28.6 Å². The van der Waals surface area contributed by atoms with Crippen LogP contribution in [0, 0.1) is 5.92 Å². The molecule has 0 spiro atoms. The Morgan fingerprint density at radius 1 is 1.43 bits per heavy atom. The van der Waals surface area contributed by atoms with Crippen molar-refractivity contribution in [2.75, 3.05) is 5.73 Å². The zero-order chi connectivity index (χ0) is 16.3. The van der Waals surface area contributed by atoms with Crippen molar-refractivity contribution >= 4 is 27.6 Å². The molecule has 1 saturated carbocycles. The number of hydrogen-bond acceptors (Lipinski definition) is 8. The SMILES string of the molecule is Nc1nc2c(sc(=O)n2[C@@H]2O[C@H](C(O)C3CC3)C[C@H]2O)c(=O)[nH]1. The third-order valence-electron chi connectivity index (χ3n) is 4.35. The van der Waals surface area contributed by atoms with E-state index in [4.69, 9.17) is 10.5 Å². The van der Waals surface area contributed by atoms with Crippen LogP contribution in [0.15, 0.2) is 9.59 Å². The van der Waals surface area contributed by atoms with Crippen LogP contribution in [0.5, 0.6) is 0 Å². The first kappa shape index (κ1) is 14.8. The summed E-state index contributed by atoms with van der Waals surface area (Å²) in [4.78, 5) is 30.0. The molecule has 124 valence electrons.